The van der Waals surface area contributed by atoms with Crippen molar-refractivity contribution in [2.24, 2.45) is 5.92 Å². The molecular formula is C13H16N4O. The van der Waals surface area contributed by atoms with Crippen molar-refractivity contribution in [1.82, 2.24) is 15.3 Å². The topological polar surface area (TPSA) is 69.8 Å². The van der Waals surface area contributed by atoms with E-state index in [-0.39, 0.29) is 11.8 Å². The second-order valence-corrected chi connectivity index (χ2v) is 4.64. The normalized spacial score (nSPS) is 19.9. The number of piperidine rings is 1. The number of rotatable bonds is 2. The van der Waals surface area contributed by atoms with Gasteiger partial charge < -0.3 is 10.3 Å². The van der Waals surface area contributed by atoms with Crippen LogP contribution in [0, 0.1) is 5.92 Å². The molecule has 5 nitrogen and oxygen atoms in total. The quantitative estimate of drug-likeness (QED) is 0.749. The highest BCUT2D eigenvalue weighted by atomic mass is 16.2. The molecule has 1 atom stereocenters. The zero-order valence-electron chi connectivity index (χ0n) is 10.1. The molecule has 0 radical (unpaired) electrons. The summed E-state index contributed by atoms with van der Waals surface area (Å²) < 4.78 is 0. The number of anilines is 1. The van der Waals surface area contributed by atoms with Crippen molar-refractivity contribution in [3.8, 4) is 0 Å². The zero-order chi connectivity index (χ0) is 12.4. The van der Waals surface area contributed by atoms with Gasteiger partial charge in [0.05, 0.1) is 17.0 Å². The number of imidazole rings is 1. The van der Waals surface area contributed by atoms with Crippen LogP contribution >= 0.6 is 0 Å². The van der Waals surface area contributed by atoms with Crippen molar-refractivity contribution >= 4 is 22.9 Å². The number of carbonyl (C=O) groups excluding carboxylic acids is 1. The van der Waals surface area contributed by atoms with E-state index in [1.165, 1.54) is 0 Å². The molecular weight excluding hydrogens is 228 g/mol. The molecule has 1 aromatic carbocycles. The monoisotopic (exact) mass is 244 g/mol. The minimum Gasteiger partial charge on any atom is -0.324 e. The summed E-state index contributed by atoms with van der Waals surface area (Å²) in [5.41, 5.74) is 1.81. The second kappa shape index (κ2) is 4.78. The molecule has 0 unspecified atom stereocenters. The predicted octanol–water partition coefficient (Wildman–Crippen LogP) is 1.50. The van der Waals surface area contributed by atoms with Gasteiger partial charge in [-0.3, -0.25) is 10.1 Å². The first-order valence-electron chi connectivity index (χ1n) is 6.29. The smallest absolute Gasteiger partial charge is 0.231 e. The van der Waals surface area contributed by atoms with Crippen molar-refractivity contribution in [2.75, 3.05) is 18.4 Å². The van der Waals surface area contributed by atoms with Gasteiger partial charge in [0.15, 0.2) is 0 Å². The van der Waals surface area contributed by atoms with Gasteiger partial charge in [-0.15, -0.1) is 0 Å². The van der Waals surface area contributed by atoms with E-state index in [0.29, 0.717) is 5.95 Å². The molecule has 18 heavy (non-hydrogen) atoms. The first-order chi connectivity index (χ1) is 8.83. The van der Waals surface area contributed by atoms with Gasteiger partial charge in [-0.05, 0) is 31.5 Å². The lowest BCUT2D eigenvalue weighted by Gasteiger charge is -2.21. The summed E-state index contributed by atoms with van der Waals surface area (Å²) in [4.78, 5) is 19.5. The number of amides is 1. The minimum atomic E-state index is 0.0428. The summed E-state index contributed by atoms with van der Waals surface area (Å²) in [7, 11) is 0. The third kappa shape index (κ3) is 2.22. The van der Waals surface area contributed by atoms with Crippen molar-refractivity contribution in [2.45, 2.75) is 12.8 Å². The number of nitrogens with zero attached hydrogens (tertiary/aromatic N) is 1. The molecule has 1 aliphatic rings. The Morgan fingerprint density at radius 1 is 1.39 bits per heavy atom. The summed E-state index contributed by atoms with van der Waals surface area (Å²) in [5, 5.41) is 6.09. The Balaban J connectivity index is 1.73. The van der Waals surface area contributed by atoms with Gasteiger partial charge in [-0.2, -0.15) is 0 Å². The molecule has 0 bridgehead atoms. The summed E-state index contributed by atoms with van der Waals surface area (Å²) in [6.07, 6.45) is 2.00. The van der Waals surface area contributed by atoms with Crippen LogP contribution in [0.3, 0.4) is 0 Å². The van der Waals surface area contributed by atoms with Crippen LogP contribution in [-0.4, -0.2) is 29.0 Å². The molecule has 1 amide bonds. The summed E-state index contributed by atoms with van der Waals surface area (Å²) in [6, 6.07) is 7.74. The van der Waals surface area contributed by atoms with Crippen molar-refractivity contribution in [3.63, 3.8) is 0 Å². The van der Waals surface area contributed by atoms with Crippen LogP contribution < -0.4 is 10.6 Å². The Labute approximate surface area is 105 Å². The zero-order valence-corrected chi connectivity index (χ0v) is 10.1. The molecule has 0 aliphatic carbocycles. The maximum Gasteiger partial charge on any atom is 0.231 e. The van der Waals surface area contributed by atoms with E-state index < -0.39 is 0 Å². The van der Waals surface area contributed by atoms with Gasteiger partial charge in [0.1, 0.15) is 0 Å². The second-order valence-electron chi connectivity index (χ2n) is 4.64. The van der Waals surface area contributed by atoms with E-state index in [0.717, 1.165) is 37.0 Å². The Kier molecular flexibility index (Phi) is 2.98. The van der Waals surface area contributed by atoms with E-state index in [4.69, 9.17) is 0 Å². The number of benzene rings is 1. The van der Waals surface area contributed by atoms with E-state index in [1.54, 1.807) is 0 Å². The molecule has 0 spiro atoms. The molecule has 3 rings (SSSR count). The Morgan fingerprint density at radius 3 is 3.06 bits per heavy atom. The van der Waals surface area contributed by atoms with Crippen LogP contribution in [0.2, 0.25) is 0 Å². The lowest BCUT2D eigenvalue weighted by molar-refractivity contribution is -0.120. The largest absolute Gasteiger partial charge is 0.324 e. The van der Waals surface area contributed by atoms with Gasteiger partial charge in [0, 0.05) is 6.54 Å². The van der Waals surface area contributed by atoms with Gasteiger partial charge in [0.25, 0.3) is 0 Å². The summed E-state index contributed by atoms with van der Waals surface area (Å²) >= 11 is 0. The van der Waals surface area contributed by atoms with Crippen LogP contribution in [0.15, 0.2) is 24.3 Å². The summed E-state index contributed by atoms with van der Waals surface area (Å²) in [5.74, 6) is 0.625. The van der Waals surface area contributed by atoms with Crippen LogP contribution in [0.25, 0.3) is 11.0 Å². The first kappa shape index (κ1) is 11.2. The number of hydrogen-bond donors (Lipinski definition) is 3. The van der Waals surface area contributed by atoms with E-state index in [2.05, 4.69) is 20.6 Å². The van der Waals surface area contributed by atoms with Gasteiger partial charge in [-0.1, -0.05) is 12.1 Å². The van der Waals surface area contributed by atoms with E-state index in [1.807, 2.05) is 24.3 Å². The standard InChI is InChI=1S/C13H16N4O/c18-12(9-4-3-7-14-8-9)17-13-15-10-5-1-2-6-11(10)16-13/h1-2,5-6,9,14H,3-4,7-8H2,(H2,15,16,17,18)/t9-/m0/s1. The lowest BCUT2D eigenvalue weighted by Crippen LogP contribution is -2.37. The van der Waals surface area contributed by atoms with E-state index in [9.17, 15) is 4.79 Å². The van der Waals surface area contributed by atoms with Crippen LogP contribution in [-0.2, 0) is 4.79 Å². The number of carbonyl (C=O) groups is 1. The fourth-order valence-corrected chi connectivity index (χ4v) is 2.31. The Bertz CT molecular complexity index is 524. The SMILES string of the molecule is O=C(Nc1nc2ccccc2[nH]1)[C@H]1CCCNC1. The highest BCUT2D eigenvalue weighted by Crippen LogP contribution is 2.16. The van der Waals surface area contributed by atoms with Gasteiger partial charge >= 0.3 is 0 Å². The fraction of sp³-hybridized carbons (Fsp3) is 0.385. The fourth-order valence-electron chi connectivity index (χ4n) is 2.31. The molecule has 1 aromatic heterocycles. The molecule has 2 heterocycles. The Morgan fingerprint density at radius 2 is 2.28 bits per heavy atom. The highest BCUT2D eigenvalue weighted by molar-refractivity contribution is 5.92. The lowest BCUT2D eigenvalue weighted by atomic mass is 9.99. The number of aromatic amines is 1. The molecule has 1 aliphatic heterocycles. The molecule has 94 valence electrons. The average molecular weight is 244 g/mol. The number of hydrogen-bond acceptors (Lipinski definition) is 3. The molecule has 0 saturated carbocycles. The van der Waals surface area contributed by atoms with Crippen LogP contribution in [0.5, 0.6) is 0 Å². The molecule has 2 aromatic rings. The van der Waals surface area contributed by atoms with Crippen molar-refractivity contribution in [1.29, 1.82) is 0 Å². The number of para-hydroxylation sites is 2. The predicted molar refractivity (Wildman–Crippen MR) is 70.3 cm³/mol. The number of H-pyrrole nitrogens is 1. The maximum absolute atomic E-state index is 12.0. The first-order valence-corrected chi connectivity index (χ1v) is 6.29. The van der Waals surface area contributed by atoms with Crippen LogP contribution in [0.4, 0.5) is 5.95 Å². The van der Waals surface area contributed by atoms with Crippen molar-refractivity contribution < 1.29 is 4.79 Å². The Hall–Kier alpha value is -1.88. The molecule has 3 N–H and O–H groups in total. The van der Waals surface area contributed by atoms with E-state index >= 15 is 0 Å². The summed E-state index contributed by atoms with van der Waals surface area (Å²) in [6.45, 7) is 1.76. The molecule has 1 saturated heterocycles. The average Bonchev–Trinajstić information content (AvgIpc) is 2.82. The highest BCUT2D eigenvalue weighted by Gasteiger charge is 2.21. The maximum atomic E-state index is 12.0. The third-order valence-electron chi connectivity index (χ3n) is 3.30. The number of fused-ring (bicyclic) bond motifs is 1. The van der Waals surface area contributed by atoms with Crippen molar-refractivity contribution in [3.05, 3.63) is 24.3 Å². The van der Waals surface area contributed by atoms with Crippen LogP contribution in [0.1, 0.15) is 12.8 Å². The third-order valence-corrected chi connectivity index (χ3v) is 3.30. The van der Waals surface area contributed by atoms with Gasteiger partial charge in [-0.25, -0.2) is 4.98 Å². The molecule has 5 heteroatoms. The number of nitrogens with one attached hydrogen (secondary N) is 3. The number of aromatic nitrogens is 2. The van der Waals surface area contributed by atoms with Gasteiger partial charge in [0.2, 0.25) is 11.9 Å². The minimum absolute atomic E-state index is 0.0428. The molecule has 1 fully saturated rings.